The highest BCUT2D eigenvalue weighted by molar-refractivity contribution is 6.36. The number of carbonyl (C=O) groups excluding carboxylic acids is 4. The Balaban J connectivity index is 1.64. The Bertz CT molecular complexity index is 1550. The summed E-state index contributed by atoms with van der Waals surface area (Å²) >= 11 is 0. The largest absolute Gasteiger partial charge is 0.478 e. The molecule has 5 rings (SSSR count). The van der Waals surface area contributed by atoms with Gasteiger partial charge in [-0.15, -0.1) is 0 Å². The molecule has 2 aliphatic rings. The first kappa shape index (κ1) is 26.4. The minimum absolute atomic E-state index is 0.0210. The Labute approximate surface area is 225 Å². The van der Waals surface area contributed by atoms with E-state index in [1.54, 1.807) is 0 Å². The lowest BCUT2D eigenvalue weighted by atomic mass is 9.96. The second-order valence-corrected chi connectivity index (χ2v) is 9.03. The first-order valence-electron chi connectivity index (χ1n) is 12.0. The number of aromatic carboxylic acids is 2. The van der Waals surface area contributed by atoms with Gasteiger partial charge in [0.2, 0.25) is 0 Å². The normalized spacial score (nSPS) is 14.2. The number of aliphatic hydroxyl groups excluding tert-OH is 2. The van der Waals surface area contributed by atoms with Gasteiger partial charge < -0.3 is 20.4 Å². The molecule has 0 radical (unpaired) electrons. The van der Waals surface area contributed by atoms with Gasteiger partial charge >= 0.3 is 11.9 Å². The summed E-state index contributed by atoms with van der Waals surface area (Å²) in [5, 5.41) is 38.3. The molecule has 3 aromatic rings. The van der Waals surface area contributed by atoms with Gasteiger partial charge in [0.05, 0.1) is 44.8 Å². The number of fused-ring (bicyclic) bond motifs is 2. The maximum atomic E-state index is 13.3. The van der Waals surface area contributed by atoms with Crippen molar-refractivity contribution < 1.29 is 49.2 Å². The minimum Gasteiger partial charge on any atom is -0.478 e. The molecule has 4 amide bonds. The fourth-order valence-electron chi connectivity index (χ4n) is 5.05. The molecule has 0 unspecified atom stereocenters. The van der Waals surface area contributed by atoms with E-state index in [-0.39, 0.29) is 68.7 Å². The molecule has 12 nitrogen and oxygen atoms in total. The zero-order chi connectivity index (χ0) is 28.9. The molecule has 0 saturated heterocycles. The van der Waals surface area contributed by atoms with Crippen LogP contribution in [0.1, 0.15) is 73.3 Å². The molecule has 0 spiro atoms. The average Bonchev–Trinajstić information content (AvgIpc) is 3.33. The molecule has 2 aliphatic heterocycles. The molecule has 3 aromatic carbocycles. The summed E-state index contributed by atoms with van der Waals surface area (Å²) in [6.45, 7) is -0.906. The van der Waals surface area contributed by atoms with E-state index in [2.05, 4.69) is 0 Å². The number of carbonyl (C=O) groups is 6. The van der Waals surface area contributed by atoms with Crippen LogP contribution in [-0.4, -0.2) is 69.2 Å². The fraction of sp³-hybridized carbons (Fsp3) is 0.143. The third-order valence-electron chi connectivity index (χ3n) is 6.85. The highest BCUT2D eigenvalue weighted by Crippen LogP contribution is 2.39. The molecule has 0 aromatic heterocycles. The van der Waals surface area contributed by atoms with Gasteiger partial charge in [-0.3, -0.25) is 19.2 Å². The quantitative estimate of drug-likeness (QED) is 0.304. The number of anilines is 2. The molecule has 0 aliphatic carbocycles. The predicted octanol–water partition coefficient (Wildman–Crippen LogP) is 1.75. The van der Waals surface area contributed by atoms with Crippen LogP contribution in [0, 0.1) is 0 Å². The van der Waals surface area contributed by atoms with E-state index in [0.717, 1.165) is 21.9 Å². The average molecular weight is 544 g/mol. The van der Waals surface area contributed by atoms with Crippen molar-refractivity contribution in [3.8, 4) is 0 Å². The van der Waals surface area contributed by atoms with Crippen LogP contribution in [0.2, 0.25) is 0 Å². The molecular weight excluding hydrogens is 524 g/mol. The fourth-order valence-corrected chi connectivity index (χ4v) is 5.05. The van der Waals surface area contributed by atoms with Gasteiger partial charge in [0, 0.05) is 13.2 Å². The van der Waals surface area contributed by atoms with Crippen molar-refractivity contribution in [1.29, 1.82) is 0 Å². The Hall–Kier alpha value is -5.20. The summed E-state index contributed by atoms with van der Waals surface area (Å²) in [5.41, 5.74) is -0.169. The van der Waals surface area contributed by atoms with E-state index in [1.165, 1.54) is 36.4 Å². The summed E-state index contributed by atoms with van der Waals surface area (Å²) in [6.07, 6.45) is -0.253. The Kier molecular flexibility index (Phi) is 6.49. The second kappa shape index (κ2) is 9.84. The lowest BCUT2D eigenvalue weighted by molar-refractivity contribution is 0.0686. The number of carboxylic acids is 2. The molecule has 0 bridgehead atoms. The summed E-state index contributed by atoms with van der Waals surface area (Å²) in [5.74, 6) is -5.64. The van der Waals surface area contributed by atoms with E-state index < -0.39 is 48.8 Å². The highest BCUT2D eigenvalue weighted by atomic mass is 16.4. The summed E-state index contributed by atoms with van der Waals surface area (Å²) in [7, 11) is 0. The van der Waals surface area contributed by atoms with Gasteiger partial charge in [-0.25, -0.2) is 19.4 Å². The molecule has 4 N–H and O–H groups in total. The van der Waals surface area contributed by atoms with Crippen molar-refractivity contribution >= 4 is 46.9 Å². The second-order valence-electron chi connectivity index (χ2n) is 9.03. The van der Waals surface area contributed by atoms with Crippen molar-refractivity contribution in [1.82, 2.24) is 0 Å². The van der Waals surface area contributed by atoms with E-state index in [1.807, 2.05) is 0 Å². The smallest absolute Gasteiger partial charge is 0.335 e. The number of amides is 4. The zero-order valence-corrected chi connectivity index (χ0v) is 20.6. The first-order valence-corrected chi connectivity index (χ1v) is 12.0. The number of benzene rings is 3. The number of imide groups is 2. The van der Waals surface area contributed by atoms with Gasteiger partial charge in [0.1, 0.15) is 0 Å². The number of aliphatic hydroxyl groups is 2. The van der Waals surface area contributed by atoms with Gasteiger partial charge in [0.25, 0.3) is 23.6 Å². The minimum atomic E-state index is -1.28. The highest BCUT2D eigenvalue weighted by Gasteiger charge is 2.41. The van der Waals surface area contributed by atoms with Crippen LogP contribution in [0.15, 0.2) is 48.5 Å². The Morgan fingerprint density at radius 2 is 0.900 bits per heavy atom. The maximum absolute atomic E-state index is 13.3. The standard InChI is InChI=1S/C28H20N2O10/c31-9-7-15-16(8-10-32)22(30-24(34)18-4-2-14(28(39)40)12-20(18)26(30)36)6-5-21(15)29-23(33)17-3-1-13(27(37)38)11-19(17)25(29)35/h1-6,11-12,31-32H,7-10H2,(H,37,38)(H,39,40). The first-order chi connectivity index (χ1) is 19.1. The van der Waals surface area contributed by atoms with Crippen LogP contribution in [0.5, 0.6) is 0 Å². The molecule has 2 heterocycles. The lowest BCUT2D eigenvalue weighted by Crippen LogP contribution is -2.33. The van der Waals surface area contributed by atoms with Crippen molar-refractivity contribution in [2.75, 3.05) is 23.0 Å². The zero-order valence-electron chi connectivity index (χ0n) is 20.6. The number of hydrogen-bond donors (Lipinski definition) is 4. The lowest BCUT2D eigenvalue weighted by Gasteiger charge is -2.25. The number of rotatable bonds is 8. The van der Waals surface area contributed by atoms with Crippen LogP contribution in [0.25, 0.3) is 0 Å². The number of hydrogen-bond acceptors (Lipinski definition) is 8. The van der Waals surface area contributed by atoms with Crippen LogP contribution >= 0.6 is 0 Å². The molecule has 40 heavy (non-hydrogen) atoms. The van der Waals surface area contributed by atoms with Crippen molar-refractivity contribution in [2.24, 2.45) is 0 Å². The topological polar surface area (TPSA) is 190 Å². The monoisotopic (exact) mass is 544 g/mol. The van der Waals surface area contributed by atoms with Crippen LogP contribution in [0.3, 0.4) is 0 Å². The Morgan fingerprint density at radius 1 is 0.550 bits per heavy atom. The SMILES string of the molecule is O=C(O)c1ccc2c(c1)C(=O)N(c1ccc(N3C(=O)c4ccc(C(=O)O)cc4C3=O)c(CCO)c1CCO)C2=O. The van der Waals surface area contributed by atoms with Crippen molar-refractivity contribution in [3.63, 3.8) is 0 Å². The van der Waals surface area contributed by atoms with Crippen LogP contribution in [-0.2, 0) is 12.8 Å². The van der Waals surface area contributed by atoms with Crippen LogP contribution in [0.4, 0.5) is 11.4 Å². The maximum Gasteiger partial charge on any atom is 0.335 e. The van der Waals surface area contributed by atoms with Crippen molar-refractivity contribution in [2.45, 2.75) is 12.8 Å². The number of nitrogens with zero attached hydrogens (tertiary/aromatic N) is 2. The summed E-state index contributed by atoms with van der Waals surface area (Å²) in [4.78, 5) is 77.6. The van der Waals surface area contributed by atoms with E-state index in [0.29, 0.717) is 0 Å². The number of carboxylic acid groups (broad SMARTS) is 2. The van der Waals surface area contributed by atoms with Gasteiger partial charge in [0.15, 0.2) is 0 Å². The van der Waals surface area contributed by atoms with Gasteiger partial charge in [-0.05, 0) is 72.5 Å². The molecule has 12 heteroatoms. The van der Waals surface area contributed by atoms with Crippen molar-refractivity contribution in [3.05, 3.63) is 93.0 Å². The molecule has 0 saturated carbocycles. The van der Waals surface area contributed by atoms with E-state index in [4.69, 9.17) is 0 Å². The molecule has 202 valence electrons. The molecular formula is C28H20N2O10. The summed E-state index contributed by atoms with van der Waals surface area (Å²) < 4.78 is 0. The molecule has 0 atom stereocenters. The third-order valence-corrected chi connectivity index (χ3v) is 6.85. The van der Waals surface area contributed by atoms with Gasteiger partial charge in [-0.2, -0.15) is 0 Å². The summed E-state index contributed by atoms with van der Waals surface area (Å²) in [6, 6.07) is 9.70. The van der Waals surface area contributed by atoms with Crippen LogP contribution < -0.4 is 9.80 Å². The van der Waals surface area contributed by atoms with E-state index >= 15 is 0 Å². The van der Waals surface area contributed by atoms with Gasteiger partial charge in [-0.1, -0.05) is 0 Å². The Morgan fingerprint density at radius 3 is 1.23 bits per heavy atom. The molecule has 0 fully saturated rings. The predicted molar refractivity (Wildman–Crippen MR) is 137 cm³/mol. The van der Waals surface area contributed by atoms with E-state index in [9.17, 15) is 49.2 Å². The third kappa shape index (κ3) is 3.94.